The maximum atomic E-state index is 12.8. The van der Waals surface area contributed by atoms with Crippen LogP contribution in [0.3, 0.4) is 0 Å². The van der Waals surface area contributed by atoms with Gasteiger partial charge in [-0.15, -0.1) is 0 Å². The molecule has 2 aromatic rings. The van der Waals surface area contributed by atoms with Crippen molar-refractivity contribution in [3.8, 4) is 11.5 Å². The highest BCUT2D eigenvalue weighted by atomic mass is 35.5. The number of para-hydroxylation sites is 1. The zero-order valence-corrected chi connectivity index (χ0v) is 14.7. The molecule has 0 atom stereocenters. The molecule has 1 aliphatic heterocycles. The zero-order chi connectivity index (χ0) is 17.1. The minimum Gasteiger partial charge on any atom is -0.486 e. The van der Waals surface area contributed by atoms with E-state index in [1.165, 1.54) is 0 Å². The van der Waals surface area contributed by atoms with Crippen LogP contribution >= 0.6 is 23.2 Å². The number of hydrogen-bond acceptors (Lipinski definition) is 3. The Hall–Kier alpha value is -1.91. The van der Waals surface area contributed by atoms with Gasteiger partial charge in [0.05, 0.1) is 10.0 Å². The van der Waals surface area contributed by atoms with Crippen molar-refractivity contribution in [2.45, 2.75) is 13.5 Å². The SMILES string of the molecule is CCN(Cc1cccc2c1OCCO2)C(=O)c1ccc(Cl)c(Cl)c1. The number of carbonyl (C=O) groups excluding carboxylic acids is 1. The molecule has 1 aliphatic rings. The largest absolute Gasteiger partial charge is 0.486 e. The predicted octanol–water partition coefficient (Wildman–Crippen LogP) is 4.43. The van der Waals surface area contributed by atoms with E-state index < -0.39 is 0 Å². The molecule has 0 N–H and O–H groups in total. The summed E-state index contributed by atoms with van der Waals surface area (Å²) in [5.41, 5.74) is 1.43. The third kappa shape index (κ3) is 3.45. The van der Waals surface area contributed by atoms with Crippen LogP contribution in [-0.2, 0) is 6.54 Å². The molecule has 0 spiro atoms. The molecular formula is C18H17Cl2NO3. The maximum Gasteiger partial charge on any atom is 0.254 e. The highest BCUT2D eigenvalue weighted by Crippen LogP contribution is 2.34. The number of carbonyl (C=O) groups is 1. The van der Waals surface area contributed by atoms with E-state index in [-0.39, 0.29) is 5.91 Å². The van der Waals surface area contributed by atoms with Crippen LogP contribution in [0.5, 0.6) is 11.5 Å². The summed E-state index contributed by atoms with van der Waals surface area (Å²) in [6, 6.07) is 10.6. The van der Waals surface area contributed by atoms with Crippen molar-refractivity contribution in [2.24, 2.45) is 0 Å². The Balaban J connectivity index is 1.84. The molecule has 6 heteroatoms. The summed E-state index contributed by atoms with van der Waals surface area (Å²) in [6.07, 6.45) is 0. The number of benzene rings is 2. The smallest absolute Gasteiger partial charge is 0.254 e. The van der Waals surface area contributed by atoms with Gasteiger partial charge in [-0.25, -0.2) is 0 Å². The topological polar surface area (TPSA) is 38.8 Å². The number of amides is 1. The van der Waals surface area contributed by atoms with Crippen molar-refractivity contribution in [3.05, 3.63) is 57.6 Å². The van der Waals surface area contributed by atoms with Crippen LogP contribution in [0.4, 0.5) is 0 Å². The average Bonchev–Trinajstić information content (AvgIpc) is 2.61. The Morgan fingerprint density at radius 1 is 1.12 bits per heavy atom. The van der Waals surface area contributed by atoms with Crippen molar-refractivity contribution in [2.75, 3.05) is 19.8 Å². The molecule has 0 unspecified atom stereocenters. The van der Waals surface area contributed by atoms with E-state index in [0.717, 1.165) is 11.3 Å². The van der Waals surface area contributed by atoms with Gasteiger partial charge in [0.25, 0.3) is 5.91 Å². The Bertz CT molecular complexity index is 764. The van der Waals surface area contributed by atoms with E-state index in [1.807, 2.05) is 25.1 Å². The number of fused-ring (bicyclic) bond motifs is 1. The molecule has 126 valence electrons. The first-order valence-electron chi connectivity index (χ1n) is 7.72. The van der Waals surface area contributed by atoms with Gasteiger partial charge in [0.15, 0.2) is 11.5 Å². The first-order valence-corrected chi connectivity index (χ1v) is 8.47. The summed E-state index contributed by atoms with van der Waals surface area (Å²) in [4.78, 5) is 14.5. The van der Waals surface area contributed by atoms with E-state index in [9.17, 15) is 4.79 Å². The lowest BCUT2D eigenvalue weighted by molar-refractivity contribution is 0.0749. The monoisotopic (exact) mass is 365 g/mol. The summed E-state index contributed by atoms with van der Waals surface area (Å²) in [6.45, 7) is 3.97. The van der Waals surface area contributed by atoms with Gasteiger partial charge in [-0.1, -0.05) is 35.3 Å². The van der Waals surface area contributed by atoms with E-state index in [4.69, 9.17) is 32.7 Å². The van der Waals surface area contributed by atoms with Gasteiger partial charge in [0, 0.05) is 24.2 Å². The molecule has 0 bridgehead atoms. The van der Waals surface area contributed by atoms with Crippen molar-refractivity contribution < 1.29 is 14.3 Å². The second kappa shape index (κ2) is 7.32. The Labute approximate surface area is 150 Å². The van der Waals surface area contributed by atoms with Gasteiger partial charge in [-0.3, -0.25) is 4.79 Å². The minimum absolute atomic E-state index is 0.106. The number of hydrogen-bond donors (Lipinski definition) is 0. The van der Waals surface area contributed by atoms with Gasteiger partial charge in [0.2, 0.25) is 0 Å². The summed E-state index contributed by atoms with van der Waals surface area (Å²) in [5.74, 6) is 1.33. The molecule has 1 heterocycles. The molecule has 0 aliphatic carbocycles. The molecule has 1 amide bonds. The predicted molar refractivity (Wildman–Crippen MR) is 94.3 cm³/mol. The molecule has 0 radical (unpaired) electrons. The first-order chi connectivity index (χ1) is 11.6. The van der Waals surface area contributed by atoms with Crippen LogP contribution in [0, 0.1) is 0 Å². The van der Waals surface area contributed by atoms with E-state index in [1.54, 1.807) is 23.1 Å². The highest BCUT2D eigenvalue weighted by Gasteiger charge is 2.20. The number of ether oxygens (including phenoxy) is 2. The van der Waals surface area contributed by atoms with E-state index in [0.29, 0.717) is 47.7 Å². The number of halogens is 2. The van der Waals surface area contributed by atoms with Crippen molar-refractivity contribution in [3.63, 3.8) is 0 Å². The standard InChI is InChI=1S/C18H17Cl2NO3/c1-2-21(18(22)12-6-7-14(19)15(20)10-12)11-13-4-3-5-16-17(13)24-9-8-23-16/h3-7,10H,2,8-9,11H2,1H3. The van der Waals surface area contributed by atoms with Gasteiger partial charge in [-0.05, 0) is 31.2 Å². The van der Waals surface area contributed by atoms with Crippen LogP contribution in [0.2, 0.25) is 10.0 Å². The lowest BCUT2D eigenvalue weighted by Gasteiger charge is -2.25. The Morgan fingerprint density at radius 2 is 1.92 bits per heavy atom. The zero-order valence-electron chi connectivity index (χ0n) is 13.2. The van der Waals surface area contributed by atoms with Crippen LogP contribution in [0.1, 0.15) is 22.8 Å². The molecule has 0 saturated heterocycles. The lowest BCUT2D eigenvalue weighted by atomic mass is 10.1. The van der Waals surface area contributed by atoms with Crippen molar-refractivity contribution in [1.82, 2.24) is 4.90 Å². The summed E-state index contributed by atoms with van der Waals surface area (Å²) < 4.78 is 11.3. The third-order valence-electron chi connectivity index (χ3n) is 3.84. The minimum atomic E-state index is -0.106. The van der Waals surface area contributed by atoms with Crippen molar-refractivity contribution in [1.29, 1.82) is 0 Å². The normalized spacial score (nSPS) is 12.8. The summed E-state index contributed by atoms with van der Waals surface area (Å²) in [7, 11) is 0. The second-order valence-corrected chi connectivity index (χ2v) is 6.20. The van der Waals surface area contributed by atoms with E-state index >= 15 is 0 Å². The first kappa shape index (κ1) is 16.9. The molecule has 24 heavy (non-hydrogen) atoms. The Kier molecular flexibility index (Phi) is 5.17. The summed E-state index contributed by atoms with van der Waals surface area (Å²) in [5, 5.41) is 0.798. The van der Waals surface area contributed by atoms with Crippen LogP contribution in [0.15, 0.2) is 36.4 Å². The molecule has 4 nitrogen and oxygen atoms in total. The van der Waals surface area contributed by atoms with Crippen LogP contribution in [0.25, 0.3) is 0 Å². The fourth-order valence-corrected chi connectivity index (χ4v) is 2.90. The van der Waals surface area contributed by atoms with Crippen LogP contribution < -0.4 is 9.47 Å². The fourth-order valence-electron chi connectivity index (χ4n) is 2.60. The Morgan fingerprint density at radius 3 is 2.67 bits per heavy atom. The van der Waals surface area contributed by atoms with Crippen molar-refractivity contribution >= 4 is 29.1 Å². The lowest BCUT2D eigenvalue weighted by Crippen LogP contribution is -2.31. The quantitative estimate of drug-likeness (QED) is 0.804. The van der Waals surface area contributed by atoms with Gasteiger partial charge in [-0.2, -0.15) is 0 Å². The van der Waals surface area contributed by atoms with Gasteiger partial charge in [0.1, 0.15) is 13.2 Å². The van der Waals surface area contributed by atoms with Gasteiger partial charge >= 0.3 is 0 Å². The van der Waals surface area contributed by atoms with Crippen LogP contribution in [-0.4, -0.2) is 30.6 Å². The average molecular weight is 366 g/mol. The third-order valence-corrected chi connectivity index (χ3v) is 4.58. The molecule has 3 rings (SSSR count). The molecule has 0 fully saturated rings. The molecule has 0 saturated carbocycles. The number of nitrogens with zero attached hydrogens (tertiary/aromatic N) is 1. The summed E-state index contributed by atoms with van der Waals surface area (Å²) >= 11 is 11.9. The molecule has 2 aromatic carbocycles. The molecule has 0 aromatic heterocycles. The van der Waals surface area contributed by atoms with E-state index in [2.05, 4.69) is 0 Å². The highest BCUT2D eigenvalue weighted by molar-refractivity contribution is 6.42. The maximum absolute atomic E-state index is 12.8. The number of rotatable bonds is 4. The fraction of sp³-hybridized carbons (Fsp3) is 0.278. The van der Waals surface area contributed by atoms with Gasteiger partial charge < -0.3 is 14.4 Å². The molecular weight excluding hydrogens is 349 g/mol. The second-order valence-electron chi connectivity index (χ2n) is 5.39.